The molecule has 0 radical (unpaired) electrons. The van der Waals surface area contributed by atoms with E-state index >= 15 is 0 Å². The molecule has 136 valence electrons. The number of carboxylic acid groups (broad SMARTS) is 2. The van der Waals surface area contributed by atoms with Crippen LogP contribution in [-0.2, 0) is 21.2 Å². The molecule has 1 aliphatic carbocycles. The monoisotopic (exact) mass is 358 g/mol. The Morgan fingerprint density at radius 3 is 2.00 bits per heavy atom. The van der Waals surface area contributed by atoms with Gasteiger partial charge in [-0.05, 0) is 24.1 Å². The van der Waals surface area contributed by atoms with Crippen molar-refractivity contribution in [2.45, 2.75) is 38.3 Å². The third kappa shape index (κ3) is 2.75. The molecule has 3 N–H and O–H groups in total. The maximum atomic E-state index is 12.8. The van der Waals surface area contributed by atoms with Gasteiger partial charge < -0.3 is 15.3 Å². The van der Waals surface area contributed by atoms with Crippen molar-refractivity contribution in [2.24, 2.45) is 5.41 Å². The Balaban J connectivity index is 2.69. The average molecular weight is 358 g/mol. The minimum absolute atomic E-state index is 0.0595. The molecular formula is C17H17F3O5. The summed E-state index contributed by atoms with van der Waals surface area (Å²) in [5.41, 5.74) is -4.64. The van der Waals surface area contributed by atoms with E-state index in [0.29, 0.717) is 0 Å². The number of rotatable bonds is 3. The second-order valence-electron chi connectivity index (χ2n) is 6.54. The number of hydrogen-bond donors (Lipinski definition) is 3. The zero-order valence-corrected chi connectivity index (χ0v) is 13.5. The molecule has 0 fully saturated rings. The lowest BCUT2D eigenvalue weighted by molar-refractivity contribution is -0.150. The van der Waals surface area contributed by atoms with Crippen LogP contribution in [0.15, 0.2) is 35.6 Å². The fourth-order valence-electron chi connectivity index (χ4n) is 3.65. The van der Waals surface area contributed by atoms with Crippen molar-refractivity contribution in [3.8, 4) is 0 Å². The van der Waals surface area contributed by atoms with Crippen LogP contribution in [0.25, 0.3) is 0 Å². The molecule has 25 heavy (non-hydrogen) atoms. The molecule has 1 aromatic carbocycles. The largest absolute Gasteiger partial charge is 0.512 e. The molecule has 1 atom stereocenters. The molecule has 0 amide bonds. The molecule has 1 aliphatic rings. The van der Waals surface area contributed by atoms with Gasteiger partial charge in [-0.3, -0.25) is 4.79 Å². The first kappa shape index (κ1) is 18.8. The lowest BCUT2D eigenvalue weighted by Crippen LogP contribution is -2.53. The summed E-state index contributed by atoms with van der Waals surface area (Å²) >= 11 is 0. The maximum Gasteiger partial charge on any atom is 0.416 e. The number of allylic oxidation sites excluding steroid dienone is 1. The Kier molecular flexibility index (Phi) is 4.36. The Hall–Kier alpha value is -2.51. The standard InChI is InChI=1S/C17H17F3O5/c1-15(2)12(13(22)23)11(21)7-8-16(15,14(24)25)9-3-5-10(6-4-9)17(18,19)20/h3-6,21H,7-8H2,1-2H3,(H,22,23)(H,24,25). The van der Waals surface area contributed by atoms with Crippen LogP contribution in [0, 0.1) is 5.41 Å². The molecule has 0 aliphatic heterocycles. The minimum atomic E-state index is -4.57. The van der Waals surface area contributed by atoms with Gasteiger partial charge in [0.15, 0.2) is 0 Å². The van der Waals surface area contributed by atoms with E-state index in [-0.39, 0.29) is 18.4 Å². The zero-order chi connectivity index (χ0) is 19.2. The van der Waals surface area contributed by atoms with Crippen LogP contribution in [0.2, 0.25) is 0 Å². The molecule has 0 saturated carbocycles. The van der Waals surface area contributed by atoms with Crippen LogP contribution in [0.4, 0.5) is 13.2 Å². The predicted molar refractivity (Wildman–Crippen MR) is 81.1 cm³/mol. The highest BCUT2D eigenvalue weighted by Gasteiger charge is 2.58. The number of aliphatic carboxylic acids is 2. The van der Waals surface area contributed by atoms with Gasteiger partial charge in [0.1, 0.15) is 11.2 Å². The van der Waals surface area contributed by atoms with Gasteiger partial charge in [-0.15, -0.1) is 0 Å². The third-order valence-electron chi connectivity index (χ3n) is 5.00. The second-order valence-corrected chi connectivity index (χ2v) is 6.54. The molecule has 0 heterocycles. The van der Waals surface area contributed by atoms with Crippen LogP contribution >= 0.6 is 0 Å². The lowest BCUT2D eigenvalue weighted by atomic mass is 9.53. The van der Waals surface area contributed by atoms with E-state index in [1.165, 1.54) is 13.8 Å². The van der Waals surface area contributed by atoms with E-state index in [4.69, 9.17) is 0 Å². The number of benzene rings is 1. The first-order valence-corrected chi connectivity index (χ1v) is 7.42. The lowest BCUT2D eigenvalue weighted by Gasteiger charge is -2.47. The van der Waals surface area contributed by atoms with Gasteiger partial charge in [0, 0.05) is 11.8 Å². The number of carboxylic acids is 2. The topological polar surface area (TPSA) is 94.8 Å². The van der Waals surface area contributed by atoms with Gasteiger partial charge >= 0.3 is 18.1 Å². The van der Waals surface area contributed by atoms with E-state index in [1.807, 2.05) is 0 Å². The van der Waals surface area contributed by atoms with Crippen molar-refractivity contribution >= 4 is 11.9 Å². The number of hydrogen-bond acceptors (Lipinski definition) is 3. The van der Waals surface area contributed by atoms with Crippen LogP contribution in [0.5, 0.6) is 0 Å². The van der Waals surface area contributed by atoms with Crippen molar-refractivity contribution < 1.29 is 38.1 Å². The Bertz CT molecular complexity index is 747. The average Bonchev–Trinajstić information content (AvgIpc) is 2.45. The normalized spacial score (nSPS) is 23.4. The number of alkyl halides is 3. The Labute approximate surface area is 141 Å². The van der Waals surface area contributed by atoms with Crippen molar-refractivity contribution in [3.63, 3.8) is 0 Å². The summed E-state index contributed by atoms with van der Waals surface area (Å²) < 4.78 is 38.3. The smallest absolute Gasteiger partial charge is 0.416 e. The summed E-state index contributed by atoms with van der Waals surface area (Å²) in [5, 5.41) is 29.2. The minimum Gasteiger partial charge on any atom is -0.512 e. The van der Waals surface area contributed by atoms with Crippen molar-refractivity contribution in [1.82, 2.24) is 0 Å². The highest BCUT2D eigenvalue weighted by molar-refractivity contribution is 5.94. The molecule has 0 saturated heterocycles. The van der Waals surface area contributed by atoms with Crippen LogP contribution in [0.1, 0.15) is 37.8 Å². The summed E-state index contributed by atoms with van der Waals surface area (Å²) in [6.07, 6.45) is -4.90. The summed E-state index contributed by atoms with van der Waals surface area (Å²) in [7, 11) is 0. The summed E-state index contributed by atoms with van der Waals surface area (Å²) in [4.78, 5) is 23.7. The molecular weight excluding hydrogens is 341 g/mol. The first-order chi connectivity index (χ1) is 11.4. The predicted octanol–water partition coefficient (Wildman–Crippen LogP) is 3.74. The first-order valence-electron chi connectivity index (χ1n) is 7.42. The van der Waals surface area contributed by atoms with Crippen molar-refractivity contribution in [3.05, 3.63) is 46.7 Å². The van der Waals surface area contributed by atoms with E-state index in [1.54, 1.807) is 0 Å². The van der Waals surface area contributed by atoms with Gasteiger partial charge in [-0.2, -0.15) is 13.2 Å². The molecule has 8 heteroatoms. The summed E-state index contributed by atoms with van der Waals surface area (Å²) in [6, 6.07) is 3.66. The van der Waals surface area contributed by atoms with E-state index in [0.717, 1.165) is 24.3 Å². The Morgan fingerprint density at radius 1 is 1.08 bits per heavy atom. The van der Waals surface area contributed by atoms with Crippen LogP contribution < -0.4 is 0 Å². The molecule has 0 bridgehead atoms. The molecule has 5 nitrogen and oxygen atoms in total. The van der Waals surface area contributed by atoms with E-state index < -0.39 is 45.8 Å². The highest BCUT2D eigenvalue weighted by atomic mass is 19.4. The summed E-state index contributed by atoms with van der Waals surface area (Å²) in [5.74, 6) is -3.23. The van der Waals surface area contributed by atoms with Gasteiger partial charge in [0.05, 0.1) is 11.1 Å². The number of halogens is 3. The quantitative estimate of drug-likeness (QED) is 0.765. The van der Waals surface area contributed by atoms with Crippen molar-refractivity contribution in [1.29, 1.82) is 0 Å². The maximum absolute atomic E-state index is 12.8. The third-order valence-corrected chi connectivity index (χ3v) is 5.00. The number of aliphatic hydroxyl groups excluding tert-OH is 1. The molecule has 1 aromatic rings. The molecule has 0 aromatic heterocycles. The zero-order valence-electron chi connectivity index (χ0n) is 13.5. The van der Waals surface area contributed by atoms with Crippen molar-refractivity contribution in [2.75, 3.05) is 0 Å². The molecule has 0 spiro atoms. The van der Waals surface area contributed by atoms with Gasteiger partial charge in [-0.25, -0.2) is 4.79 Å². The highest BCUT2D eigenvalue weighted by Crippen LogP contribution is 2.54. The fraction of sp³-hybridized carbons (Fsp3) is 0.412. The SMILES string of the molecule is CC1(C)C(C(=O)O)=C(O)CCC1(C(=O)O)c1ccc(C(F)(F)F)cc1. The van der Waals surface area contributed by atoms with E-state index in [9.17, 15) is 38.1 Å². The van der Waals surface area contributed by atoms with Crippen LogP contribution in [0.3, 0.4) is 0 Å². The van der Waals surface area contributed by atoms with E-state index in [2.05, 4.69) is 0 Å². The fourth-order valence-corrected chi connectivity index (χ4v) is 3.65. The van der Waals surface area contributed by atoms with Gasteiger partial charge in [0.25, 0.3) is 0 Å². The number of aliphatic hydroxyl groups is 1. The molecule has 1 unspecified atom stereocenters. The van der Waals surface area contributed by atoms with Crippen LogP contribution in [-0.4, -0.2) is 27.3 Å². The molecule has 2 rings (SSSR count). The Morgan fingerprint density at radius 2 is 1.60 bits per heavy atom. The summed E-state index contributed by atoms with van der Waals surface area (Å²) in [6.45, 7) is 2.72. The number of carbonyl (C=O) groups is 2. The van der Waals surface area contributed by atoms with Gasteiger partial charge in [0.2, 0.25) is 0 Å². The van der Waals surface area contributed by atoms with Gasteiger partial charge in [-0.1, -0.05) is 26.0 Å². The second kappa shape index (κ2) is 5.79.